The van der Waals surface area contributed by atoms with Crippen LogP contribution in [-0.2, 0) is 17.8 Å². The standard InChI is InChI=1S/C29H29N3O6/c1-37-23-9-10-25-24(16-23)22(17-30-25)13-14-32(18-20-3-7-21(8-4-20)29(35)31-36)28(34)12-6-19-5-11-26(33)27(15-19)38-2/h3-12,15-17,30,33,36H,13-14,18H2,1-2H3,(H,31,35)/b12-6+. The Morgan fingerprint density at radius 1 is 1.03 bits per heavy atom. The highest BCUT2D eigenvalue weighted by Gasteiger charge is 2.15. The highest BCUT2D eigenvalue weighted by molar-refractivity contribution is 5.93. The Morgan fingerprint density at radius 2 is 1.82 bits per heavy atom. The van der Waals surface area contributed by atoms with Gasteiger partial charge in [-0.05, 0) is 71.7 Å². The zero-order valence-electron chi connectivity index (χ0n) is 21.1. The third-order valence-corrected chi connectivity index (χ3v) is 6.25. The van der Waals surface area contributed by atoms with Crippen LogP contribution in [0.5, 0.6) is 17.2 Å². The molecule has 1 heterocycles. The molecule has 9 nitrogen and oxygen atoms in total. The molecule has 0 fully saturated rings. The summed E-state index contributed by atoms with van der Waals surface area (Å²) in [6, 6.07) is 17.3. The van der Waals surface area contributed by atoms with E-state index in [1.807, 2.05) is 24.4 Å². The number of nitrogens with one attached hydrogen (secondary N) is 2. The van der Waals surface area contributed by atoms with Gasteiger partial charge in [0.2, 0.25) is 5.91 Å². The van der Waals surface area contributed by atoms with Crippen molar-refractivity contribution in [1.82, 2.24) is 15.4 Å². The topological polar surface area (TPSA) is 124 Å². The van der Waals surface area contributed by atoms with E-state index in [9.17, 15) is 14.7 Å². The fraction of sp³-hybridized carbons (Fsp3) is 0.172. The molecule has 4 N–H and O–H groups in total. The number of hydrogen-bond donors (Lipinski definition) is 4. The van der Waals surface area contributed by atoms with E-state index in [1.165, 1.54) is 19.3 Å². The first-order valence-corrected chi connectivity index (χ1v) is 11.9. The van der Waals surface area contributed by atoms with Crippen LogP contribution in [0.3, 0.4) is 0 Å². The van der Waals surface area contributed by atoms with Crippen molar-refractivity contribution in [2.24, 2.45) is 0 Å². The van der Waals surface area contributed by atoms with Crippen molar-refractivity contribution in [2.75, 3.05) is 20.8 Å². The van der Waals surface area contributed by atoms with Crippen molar-refractivity contribution in [1.29, 1.82) is 0 Å². The van der Waals surface area contributed by atoms with Gasteiger partial charge < -0.3 is 24.5 Å². The lowest BCUT2D eigenvalue weighted by Gasteiger charge is -2.22. The lowest BCUT2D eigenvalue weighted by atomic mass is 10.1. The molecule has 0 unspecified atom stereocenters. The van der Waals surface area contributed by atoms with Crippen molar-refractivity contribution in [3.8, 4) is 17.2 Å². The molecule has 4 aromatic rings. The van der Waals surface area contributed by atoms with E-state index in [0.717, 1.165) is 27.8 Å². The van der Waals surface area contributed by atoms with E-state index in [2.05, 4.69) is 4.98 Å². The maximum atomic E-state index is 13.3. The quantitative estimate of drug-likeness (QED) is 0.142. The molecule has 0 aliphatic rings. The molecular formula is C29H29N3O6. The summed E-state index contributed by atoms with van der Waals surface area (Å²) in [5.74, 6) is 0.285. The maximum absolute atomic E-state index is 13.3. The van der Waals surface area contributed by atoms with Crippen molar-refractivity contribution < 1.29 is 29.4 Å². The molecule has 0 aliphatic heterocycles. The molecule has 2 amide bonds. The van der Waals surface area contributed by atoms with E-state index in [1.54, 1.807) is 60.0 Å². The molecular weight excluding hydrogens is 486 g/mol. The Bertz CT molecular complexity index is 1460. The van der Waals surface area contributed by atoms with E-state index in [0.29, 0.717) is 36.4 Å². The van der Waals surface area contributed by atoms with Crippen LogP contribution in [0.25, 0.3) is 17.0 Å². The number of aromatic amines is 1. The number of nitrogens with zero attached hydrogens (tertiary/aromatic N) is 1. The van der Waals surface area contributed by atoms with Gasteiger partial charge in [0, 0.05) is 41.8 Å². The smallest absolute Gasteiger partial charge is 0.274 e. The number of H-pyrrole nitrogens is 1. The fourth-order valence-corrected chi connectivity index (χ4v) is 4.13. The fourth-order valence-electron chi connectivity index (χ4n) is 4.13. The van der Waals surface area contributed by atoms with E-state index >= 15 is 0 Å². The number of aromatic hydroxyl groups is 1. The molecule has 1 aromatic heterocycles. The van der Waals surface area contributed by atoms with Gasteiger partial charge in [-0.3, -0.25) is 14.8 Å². The number of aromatic nitrogens is 1. The van der Waals surface area contributed by atoms with Gasteiger partial charge in [0.25, 0.3) is 5.91 Å². The van der Waals surface area contributed by atoms with Gasteiger partial charge in [0.1, 0.15) is 5.75 Å². The van der Waals surface area contributed by atoms with Crippen molar-refractivity contribution in [2.45, 2.75) is 13.0 Å². The average molecular weight is 516 g/mol. The first-order valence-electron chi connectivity index (χ1n) is 11.9. The molecule has 9 heteroatoms. The normalized spacial score (nSPS) is 11.0. The summed E-state index contributed by atoms with van der Waals surface area (Å²) in [7, 11) is 3.09. The predicted molar refractivity (Wildman–Crippen MR) is 143 cm³/mol. The third kappa shape index (κ3) is 6.13. The average Bonchev–Trinajstić information content (AvgIpc) is 3.36. The lowest BCUT2D eigenvalue weighted by Crippen LogP contribution is -2.31. The van der Waals surface area contributed by atoms with Gasteiger partial charge in [0.15, 0.2) is 11.5 Å². The van der Waals surface area contributed by atoms with Crippen LogP contribution in [0.1, 0.15) is 27.0 Å². The number of fused-ring (bicyclic) bond motifs is 1. The number of carbonyl (C=O) groups excluding carboxylic acids is 2. The highest BCUT2D eigenvalue weighted by Crippen LogP contribution is 2.27. The molecule has 196 valence electrons. The summed E-state index contributed by atoms with van der Waals surface area (Å²) in [5, 5.41) is 19.7. The number of methoxy groups -OCH3 is 2. The van der Waals surface area contributed by atoms with Gasteiger partial charge in [0.05, 0.1) is 14.2 Å². The Kier molecular flexibility index (Phi) is 8.30. The van der Waals surface area contributed by atoms with Gasteiger partial charge in [-0.15, -0.1) is 0 Å². The SMILES string of the molecule is COc1ccc2[nH]cc(CCN(Cc3ccc(C(=O)NO)cc3)C(=O)/C=C/c3ccc(O)c(OC)c3)c2c1. The van der Waals surface area contributed by atoms with E-state index < -0.39 is 5.91 Å². The van der Waals surface area contributed by atoms with Crippen molar-refractivity contribution >= 4 is 28.8 Å². The number of rotatable bonds is 10. The van der Waals surface area contributed by atoms with Gasteiger partial charge in [-0.25, -0.2) is 5.48 Å². The van der Waals surface area contributed by atoms with E-state index in [4.69, 9.17) is 14.7 Å². The monoisotopic (exact) mass is 515 g/mol. The Hall–Kier alpha value is -4.76. The second-order valence-corrected chi connectivity index (χ2v) is 8.64. The number of amides is 2. The number of phenols is 1. The Balaban J connectivity index is 1.56. The molecule has 0 bridgehead atoms. The van der Waals surface area contributed by atoms with Crippen LogP contribution in [0.15, 0.2) is 72.9 Å². The zero-order chi connectivity index (χ0) is 27.1. The van der Waals surface area contributed by atoms with Crippen molar-refractivity contribution in [3.05, 3.63) is 95.2 Å². The van der Waals surface area contributed by atoms with Gasteiger partial charge >= 0.3 is 0 Å². The maximum Gasteiger partial charge on any atom is 0.274 e. The first kappa shape index (κ1) is 26.3. The summed E-state index contributed by atoms with van der Waals surface area (Å²) in [4.78, 5) is 30.0. The molecule has 0 spiro atoms. The summed E-state index contributed by atoms with van der Waals surface area (Å²) in [6.45, 7) is 0.750. The summed E-state index contributed by atoms with van der Waals surface area (Å²) in [5.41, 5.74) is 5.49. The van der Waals surface area contributed by atoms with Crippen LogP contribution < -0.4 is 15.0 Å². The van der Waals surface area contributed by atoms with Crippen LogP contribution >= 0.6 is 0 Å². The van der Waals surface area contributed by atoms with Crippen LogP contribution in [0, 0.1) is 0 Å². The van der Waals surface area contributed by atoms with Crippen LogP contribution in [0.2, 0.25) is 0 Å². The summed E-state index contributed by atoms with van der Waals surface area (Å²) >= 11 is 0. The number of hydroxylamine groups is 1. The number of ether oxygens (including phenoxy) is 2. The number of benzene rings is 3. The van der Waals surface area contributed by atoms with Crippen LogP contribution in [0.4, 0.5) is 0 Å². The van der Waals surface area contributed by atoms with Crippen molar-refractivity contribution in [3.63, 3.8) is 0 Å². The molecule has 0 radical (unpaired) electrons. The second kappa shape index (κ2) is 12.0. The molecule has 4 rings (SSSR count). The third-order valence-electron chi connectivity index (χ3n) is 6.25. The van der Waals surface area contributed by atoms with Crippen LogP contribution in [-0.4, -0.2) is 52.8 Å². The Morgan fingerprint density at radius 3 is 2.53 bits per heavy atom. The number of carbonyl (C=O) groups is 2. The first-order chi connectivity index (χ1) is 18.4. The second-order valence-electron chi connectivity index (χ2n) is 8.64. The number of phenolic OH excluding ortho intramolecular Hbond substituents is 1. The highest BCUT2D eigenvalue weighted by atomic mass is 16.5. The minimum Gasteiger partial charge on any atom is -0.504 e. The molecule has 38 heavy (non-hydrogen) atoms. The molecule has 0 saturated heterocycles. The lowest BCUT2D eigenvalue weighted by molar-refractivity contribution is -0.126. The minimum atomic E-state index is -0.605. The number of hydrogen-bond acceptors (Lipinski definition) is 6. The summed E-state index contributed by atoms with van der Waals surface area (Å²) < 4.78 is 10.5. The molecule has 0 atom stereocenters. The zero-order valence-corrected chi connectivity index (χ0v) is 21.1. The minimum absolute atomic E-state index is 0.0197. The Labute approximate surface area is 219 Å². The van der Waals surface area contributed by atoms with E-state index in [-0.39, 0.29) is 11.7 Å². The largest absolute Gasteiger partial charge is 0.504 e. The molecule has 3 aromatic carbocycles. The molecule has 0 saturated carbocycles. The summed E-state index contributed by atoms with van der Waals surface area (Å²) in [6.07, 6.45) is 5.69. The predicted octanol–water partition coefficient (Wildman–Crippen LogP) is 4.29. The van der Waals surface area contributed by atoms with Gasteiger partial charge in [-0.1, -0.05) is 18.2 Å². The van der Waals surface area contributed by atoms with Gasteiger partial charge in [-0.2, -0.15) is 0 Å². The molecule has 0 aliphatic carbocycles.